The van der Waals surface area contributed by atoms with Crippen LogP contribution >= 0.6 is 11.8 Å². The van der Waals surface area contributed by atoms with Crippen LogP contribution in [0.2, 0.25) is 0 Å². The summed E-state index contributed by atoms with van der Waals surface area (Å²) in [5, 5.41) is 8.36. The fourth-order valence-electron chi connectivity index (χ4n) is 0.883. The van der Waals surface area contributed by atoms with E-state index in [0.717, 1.165) is 11.8 Å². The second-order valence-electron chi connectivity index (χ2n) is 2.14. The molecule has 1 aliphatic heterocycles. The summed E-state index contributed by atoms with van der Waals surface area (Å²) in [7, 11) is 0. The molecule has 0 bridgehead atoms. The van der Waals surface area contributed by atoms with Crippen LogP contribution in [0.4, 0.5) is 0 Å². The summed E-state index contributed by atoms with van der Waals surface area (Å²) >= 11 is 1.05. The van der Waals surface area contributed by atoms with Crippen molar-refractivity contribution in [2.45, 2.75) is 6.42 Å². The quantitative estimate of drug-likeness (QED) is 0.570. The SMILES string of the molecule is O=C1CSC(=O)C1CCO. The molecule has 1 heterocycles. The number of ketones is 1. The van der Waals surface area contributed by atoms with Crippen molar-refractivity contribution < 1.29 is 14.7 Å². The lowest BCUT2D eigenvalue weighted by molar-refractivity contribution is -0.125. The Kier molecular flexibility index (Phi) is 2.45. The van der Waals surface area contributed by atoms with Gasteiger partial charge in [0.05, 0.1) is 11.7 Å². The van der Waals surface area contributed by atoms with Crippen LogP contribution in [0, 0.1) is 5.92 Å². The van der Waals surface area contributed by atoms with Gasteiger partial charge in [-0.3, -0.25) is 9.59 Å². The van der Waals surface area contributed by atoms with Crippen LogP contribution in [0.5, 0.6) is 0 Å². The third kappa shape index (κ3) is 1.38. The van der Waals surface area contributed by atoms with E-state index in [4.69, 9.17) is 5.11 Å². The van der Waals surface area contributed by atoms with Gasteiger partial charge in [-0.1, -0.05) is 11.8 Å². The molecule has 3 nitrogen and oxygen atoms in total. The van der Waals surface area contributed by atoms with Crippen LogP contribution in [0.3, 0.4) is 0 Å². The molecule has 56 valence electrons. The molecule has 0 spiro atoms. The van der Waals surface area contributed by atoms with Gasteiger partial charge < -0.3 is 5.11 Å². The maximum Gasteiger partial charge on any atom is 0.199 e. The molecule has 1 N–H and O–H groups in total. The molecule has 4 heteroatoms. The van der Waals surface area contributed by atoms with E-state index < -0.39 is 5.92 Å². The van der Waals surface area contributed by atoms with Gasteiger partial charge in [0.2, 0.25) is 0 Å². The van der Waals surface area contributed by atoms with Gasteiger partial charge in [-0.2, -0.15) is 0 Å². The molecule has 0 saturated carbocycles. The van der Waals surface area contributed by atoms with Crippen LogP contribution in [0.15, 0.2) is 0 Å². The summed E-state index contributed by atoms with van der Waals surface area (Å²) in [6, 6.07) is 0. The number of thioether (sulfide) groups is 1. The highest BCUT2D eigenvalue weighted by atomic mass is 32.2. The Morgan fingerprint density at radius 2 is 2.30 bits per heavy atom. The summed E-state index contributed by atoms with van der Waals surface area (Å²) in [5.41, 5.74) is 0. The van der Waals surface area contributed by atoms with Gasteiger partial charge in [0, 0.05) is 6.61 Å². The average Bonchev–Trinajstić information content (AvgIpc) is 2.20. The minimum Gasteiger partial charge on any atom is -0.396 e. The maximum atomic E-state index is 10.8. The fraction of sp³-hybridized carbons (Fsp3) is 0.667. The molecule has 1 fully saturated rings. The first-order chi connectivity index (χ1) is 4.75. The van der Waals surface area contributed by atoms with Crippen molar-refractivity contribution in [2.75, 3.05) is 12.4 Å². The van der Waals surface area contributed by atoms with Gasteiger partial charge in [-0.05, 0) is 6.42 Å². The van der Waals surface area contributed by atoms with Crippen LogP contribution in [0.1, 0.15) is 6.42 Å². The lowest BCUT2D eigenvalue weighted by atomic mass is 10.0. The molecule has 0 aliphatic carbocycles. The molecule has 1 aliphatic rings. The molecule has 0 aromatic heterocycles. The Bertz CT molecular complexity index is 150. The summed E-state index contributed by atoms with van der Waals surface area (Å²) in [6.07, 6.45) is 0.296. The van der Waals surface area contributed by atoms with Crippen molar-refractivity contribution in [3.8, 4) is 0 Å². The minimum absolute atomic E-state index is 0.0379. The second-order valence-corrected chi connectivity index (χ2v) is 3.12. The molecule has 1 rings (SSSR count). The zero-order valence-corrected chi connectivity index (χ0v) is 6.19. The Morgan fingerprint density at radius 3 is 2.70 bits per heavy atom. The lowest BCUT2D eigenvalue weighted by Gasteiger charge is -1.99. The highest BCUT2D eigenvalue weighted by molar-refractivity contribution is 8.15. The fourth-order valence-corrected chi connectivity index (χ4v) is 1.82. The zero-order valence-electron chi connectivity index (χ0n) is 5.37. The van der Waals surface area contributed by atoms with Gasteiger partial charge in [-0.15, -0.1) is 0 Å². The largest absolute Gasteiger partial charge is 0.396 e. The van der Waals surface area contributed by atoms with Crippen molar-refractivity contribution >= 4 is 22.7 Å². The van der Waals surface area contributed by atoms with E-state index >= 15 is 0 Å². The van der Waals surface area contributed by atoms with Crippen molar-refractivity contribution in [2.24, 2.45) is 5.92 Å². The first kappa shape index (κ1) is 7.75. The predicted octanol–water partition coefficient (Wildman–Crippen LogP) is -0.172. The van der Waals surface area contributed by atoms with Crippen LogP contribution < -0.4 is 0 Å². The molecular weight excluding hydrogens is 152 g/mol. The molecule has 10 heavy (non-hydrogen) atoms. The normalized spacial score (nSPS) is 25.9. The topological polar surface area (TPSA) is 54.4 Å². The highest BCUT2D eigenvalue weighted by Crippen LogP contribution is 2.24. The summed E-state index contributed by atoms with van der Waals surface area (Å²) in [5.74, 6) is -0.261. The molecule has 0 aromatic rings. The Hall–Kier alpha value is -0.350. The van der Waals surface area contributed by atoms with E-state index in [1.54, 1.807) is 0 Å². The van der Waals surface area contributed by atoms with Crippen molar-refractivity contribution in [1.82, 2.24) is 0 Å². The lowest BCUT2D eigenvalue weighted by Crippen LogP contribution is -2.15. The standard InChI is InChI=1S/C6H8O3S/c7-2-1-4-5(8)3-10-6(4)9/h4,7H,1-3H2. The Balaban J connectivity index is 2.54. The number of rotatable bonds is 2. The monoisotopic (exact) mass is 160 g/mol. The molecule has 0 radical (unpaired) electrons. The van der Waals surface area contributed by atoms with Gasteiger partial charge in [0.25, 0.3) is 0 Å². The van der Waals surface area contributed by atoms with Crippen molar-refractivity contribution in [3.63, 3.8) is 0 Å². The van der Waals surface area contributed by atoms with E-state index in [0.29, 0.717) is 12.2 Å². The molecule has 1 atom stereocenters. The van der Waals surface area contributed by atoms with Gasteiger partial charge >= 0.3 is 0 Å². The van der Waals surface area contributed by atoms with Gasteiger partial charge in [0.1, 0.15) is 0 Å². The Morgan fingerprint density at radius 1 is 1.60 bits per heavy atom. The summed E-state index contributed by atoms with van der Waals surface area (Å²) in [4.78, 5) is 21.6. The minimum atomic E-state index is -0.519. The number of Topliss-reactive ketones (excluding diaryl/α,β-unsaturated/α-hetero) is 1. The highest BCUT2D eigenvalue weighted by Gasteiger charge is 2.32. The smallest absolute Gasteiger partial charge is 0.199 e. The number of carbonyl (C=O) groups excluding carboxylic acids is 2. The number of hydrogen-bond acceptors (Lipinski definition) is 4. The Labute approximate surface area is 62.8 Å². The van der Waals surface area contributed by atoms with E-state index in [2.05, 4.69) is 0 Å². The predicted molar refractivity (Wildman–Crippen MR) is 37.7 cm³/mol. The van der Waals surface area contributed by atoms with E-state index in [9.17, 15) is 9.59 Å². The number of hydrogen-bond donors (Lipinski definition) is 1. The molecule has 1 unspecified atom stereocenters. The third-order valence-electron chi connectivity index (χ3n) is 1.45. The number of aliphatic hydroxyl groups is 1. The molecule has 0 amide bonds. The van der Waals surface area contributed by atoms with Gasteiger partial charge in [-0.25, -0.2) is 0 Å². The van der Waals surface area contributed by atoms with E-state index in [1.165, 1.54) is 0 Å². The van der Waals surface area contributed by atoms with Crippen LogP contribution in [0.25, 0.3) is 0 Å². The molecular formula is C6H8O3S. The molecule has 1 saturated heterocycles. The zero-order chi connectivity index (χ0) is 7.56. The van der Waals surface area contributed by atoms with Gasteiger partial charge in [0.15, 0.2) is 10.9 Å². The summed E-state index contributed by atoms with van der Waals surface area (Å²) in [6.45, 7) is -0.0806. The number of carbonyl (C=O) groups is 2. The average molecular weight is 160 g/mol. The first-order valence-corrected chi connectivity index (χ1v) is 4.04. The van der Waals surface area contributed by atoms with Crippen molar-refractivity contribution in [3.05, 3.63) is 0 Å². The maximum absolute atomic E-state index is 10.8. The first-order valence-electron chi connectivity index (χ1n) is 3.06. The second kappa shape index (κ2) is 3.16. The molecule has 0 aromatic carbocycles. The van der Waals surface area contributed by atoms with Crippen LogP contribution in [-0.2, 0) is 9.59 Å². The van der Waals surface area contributed by atoms with E-state index in [-0.39, 0.29) is 17.5 Å². The van der Waals surface area contributed by atoms with E-state index in [1.807, 2.05) is 0 Å². The summed E-state index contributed by atoms with van der Waals surface area (Å²) < 4.78 is 0. The number of aliphatic hydroxyl groups excluding tert-OH is 1. The van der Waals surface area contributed by atoms with Crippen molar-refractivity contribution in [1.29, 1.82) is 0 Å². The third-order valence-corrected chi connectivity index (χ3v) is 2.45. The van der Waals surface area contributed by atoms with Crippen LogP contribution in [-0.4, -0.2) is 28.4 Å².